The number of fused-ring (bicyclic) bond motifs is 1. The molecule has 0 unspecified atom stereocenters. The first-order valence-corrected chi connectivity index (χ1v) is 8.79. The summed E-state index contributed by atoms with van der Waals surface area (Å²) in [4.78, 5) is 24.4. The first-order valence-electron chi connectivity index (χ1n) is 7.80. The van der Waals surface area contributed by atoms with Crippen molar-refractivity contribution >= 4 is 29.3 Å². The summed E-state index contributed by atoms with van der Waals surface area (Å²) >= 11 is 1.01. The molecule has 8 heteroatoms. The van der Waals surface area contributed by atoms with Gasteiger partial charge in [-0.25, -0.2) is 4.39 Å². The maximum atomic E-state index is 13.5. The summed E-state index contributed by atoms with van der Waals surface area (Å²) in [7, 11) is 0. The molecule has 1 heterocycles. The molecule has 1 aliphatic rings. The highest BCUT2D eigenvalue weighted by Crippen LogP contribution is 2.34. The van der Waals surface area contributed by atoms with Crippen molar-refractivity contribution in [3.63, 3.8) is 0 Å². The summed E-state index contributed by atoms with van der Waals surface area (Å²) in [6, 6.07) is 11.1. The van der Waals surface area contributed by atoms with Crippen LogP contribution in [-0.4, -0.2) is 30.5 Å². The van der Waals surface area contributed by atoms with Crippen LogP contribution >= 0.6 is 11.8 Å². The van der Waals surface area contributed by atoms with Gasteiger partial charge in [0.1, 0.15) is 5.82 Å². The Kier molecular flexibility index (Phi) is 5.62. The number of anilines is 1. The van der Waals surface area contributed by atoms with Crippen molar-refractivity contribution in [3.05, 3.63) is 48.3 Å². The van der Waals surface area contributed by atoms with Gasteiger partial charge in [-0.2, -0.15) is 0 Å². The Labute approximate surface area is 153 Å². The Balaban J connectivity index is 1.49. The van der Waals surface area contributed by atoms with Gasteiger partial charge < -0.3 is 19.5 Å². The van der Waals surface area contributed by atoms with E-state index in [-0.39, 0.29) is 12.5 Å². The number of hydrogen-bond acceptors (Lipinski definition) is 6. The second kappa shape index (κ2) is 8.09. The topological polar surface area (TPSA) is 73.9 Å². The van der Waals surface area contributed by atoms with E-state index in [2.05, 4.69) is 5.32 Å². The Morgan fingerprint density at radius 3 is 2.81 bits per heavy atom. The van der Waals surface area contributed by atoms with Crippen molar-refractivity contribution < 1.29 is 28.2 Å². The molecule has 3 rings (SSSR count). The molecule has 1 amide bonds. The van der Waals surface area contributed by atoms with Crippen LogP contribution in [0.5, 0.6) is 11.5 Å². The van der Waals surface area contributed by atoms with Crippen LogP contribution in [-0.2, 0) is 14.3 Å². The Hall–Kier alpha value is -2.74. The van der Waals surface area contributed by atoms with E-state index in [4.69, 9.17) is 14.2 Å². The summed E-state index contributed by atoms with van der Waals surface area (Å²) < 4.78 is 29.0. The van der Waals surface area contributed by atoms with Gasteiger partial charge >= 0.3 is 5.97 Å². The molecule has 0 saturated heterocycles. The molecule has 2 aromatic rings. The number of carbonyl (C=O) groups excluding carboxylic acids is 2. The molecule has 0 spiro atoms. The number of amides is 1. The monoisotopic (exact) mass is 377 g/mol. The average Bonchev–Trinajstić information content (AvgIpc) is 3.08. The zero-order valence-electron chi connectivity index (χ0n) is 13.9. The van der Waals surface area contributed by atoms with Gasteiger partial charge in [0, 0.05) is 16.6 Å². The number of halogens is 1. The molecule has 6 nitrogen and oxygen atoms in total. The van der Waals surface area contributed by atoms with Crippen LogP contribution < -0.4 is 14.8 Å². The van der Waals surface area contributed by atoms with E-state index >= 15 is 0 Å². The minimum absolute atomic E-state index is 0.0947. The largest absolute Gasteiger partial charge is 0.454 e. The molecule has 1 atom stereocenters. The fraction of sp³-hybridized carbons (Fsp3) is 0.222. The summed E-state index contributed by atoms with van der Waals surface area (Å²) in [5, 5.41) is 2.64. The summed E-state index contributed by atoms with van der Waals surface area (Å²) in [5.74, 6) is -0.442. The molecule has 26 heavy (non-hydrogen) atoms. The number of benzene rings is 2. The SMILES string of the molecule is C[C@@H](OC(=O)CSc1ccccc1F)C(=O)Nc1ccc2c(c1)OCO2. The smallest absolute Gasteiger partial charge is 0.317 e. The Morgan fingerprint density at radius 2 is 2.00 bits per heavy atom. The molecule has 0 bridgehead atoms. The van der Waals surface area contributed by atoms with Gasteiger partial charge in [-0.3, -0.25) is 9.59 Å². The quantitative estimate of drug-likeness (QED) is 0.616. The first-order chi connectivity index (χ1) is 12.5. The van der Waals surface area contributed by atoms with Crippen molar-refractivity contribution in [2.24, 2.45) is 0 Å². The van der Waals surface area contributed by atoms with Crippen molar-refractivity contribution in [3.8, 4) is 11.5 Å². The standard InChI is InChI=1S/C18H16FNO5S/c1-11(25-17(21)9-26-16-5-3-2-4-13(16)19)18(22)20-12-6-7-14-15(8-12)24-10-23-14/h2-8,11H,9-10H2,1H3,(H,20,22)/t11-/m1/s1. The molecular weight excluding hydrogens is 361 g/mol. The summed E-state index contributed by atoms with van der Waals surface area (Å²) in [6.07, 6.45) is -0.992. The lowest BCUT2D eigenvalue weighted by atomic mass is 10.2. The predicted molar refractivity (Wildman–Crippen MR) is 93.9 cm³/mol. The van der Waals surface area contributed by atoms with Gasteiger partial charge in [0.05, 0.1) is 5.75 Å². The van der Waals surface area contributed by atoms with Gasteiger partial charge in [-0.15, -0.1) is 11.8 Å². The van der Waals surface area contributed by atoms with E-state index in [0.717, 1.165) is 11.8 Å². The van der Waals surface area contributed by atoms with Crippen molar-refractivity contribution in [1.29, 1.82) is 0 Å². The van der Waals surface area contributed by atoms with Crippen LogP contribution in [0.15, 0.2) is 47.4 Å². The maximum Gasteiger partial charge on any atom is 0.317 e. The number of esters is 1. The third-order valence-corrected chi connectivity index (χ3v) is 4.52. The number of carbonyl (C=O) groups is 2. The van der Waals surface area contributed by atoms with Gasteiger partial charge in [0.15, 0.2) is 17.6 Å². The number of ether oxygens (including phenoxy) is 3. The molecular formula is C18H16FNO5S. The van der Waals surface area contributed by atoms with Gasteiger partial charge in [0.2, 0.25) is 6.79 Å². The summed E-state index contributed by atoms with van der Waals surface area (Å²) in [6.45, 7) is 1.61. The van der Waals surface area contributed by atoms with Crippen molar-refractivity contribution in [1.82, 2.24) is 0 Å². The van der Waals surface area contributed by atoms with Gasteiger partial charge in [-0.1, -0.05) is 12.1 Å². The third-order valence-electron chi connectivity index (χ3n) is 3.50. The summed E-state index contributed by atoms with van der Waals surface area (Å²) in [5.41, 5.74) is 0.503. The predicted octanol–water partition coefficient (Wildman–Crippen LogP) is 3.22. The average molecular weight is 377 g/mol. The molecule has 1 N–H and O–H groups in total. The Bertz CT molecular complexity index is 829. The lowest BCUT2D eigenvalue weighted by Crippen LogP contribution is -2.30. The molecule has 1 aliphatic heterocycles. The lowest BCUT2D eigenvalue weighted by Gasteiger charge is -2.13. The second-order valence-corrected chi connectivity index (χ2v) is 6.43. The number of nitrogens with one attached hydrogen (secondary N) is 1. The fourth-order valence-corrected chi connectivity index (χ4v) is 2.92. The molecule has 0 aliphatic carbocycles. The number of hydrogen-bond donors (Lipinski definition) is 1. The number of rotatable bonds is 6. The van der Waals surface area contributed by atoms with Crippen LogP contribution in [0, 0.1) is 5.82 Å². The zero-order chi connectivity index (χ0) is 18.5. The molecule has 0 radical (unpaired) electrons. The van der Waals surface area contributed by atoms with Gasteiger partial charge in [0.25, 0.3) is 5.91 Å². The highest BCUT2D eigenvalue weighted by atomic mass is 32.2. The van der Waals surface area contributed by atoms with E-state index in [1.807, 2.05) is 0 Å². The molecule has 0 fully saturated rings. The van der Waals surface area contributed by atoms with E-state index in [1.165, 1.54) is 13.0 Å². The van der Waals surface area contributed by atoms with Crippen molar-refractivity contribution in [2.45, 2.75) is 17.9 Å². The van der Waals surface area contributed by atoms with Crippen LogP contribution in [0.25, 0.3) is 0 Å². The molecule has 0 saturated carbocycles. The third kappa shape index (κ3) is 4.45. The number of thioether (sulfide) groups is 1. The maximum absolute atomic E-state index is 13.5. The van der Waals surface area contributed by atoms with Crippen LogP contribution in [0.2, 0.25) is 0 Å². The minimum atomic E-state index is -0.992. The van der Waals surface area contributed by atoms with Gasteiger partial charge in [-0.05, 0) is 31.2 Å². The van der Waals surface area contributed by atoms with Crippen LogP contribution in [0.1, 0.15) is 6.92 Å². The van der Waals surface area contributed by atoms with E-state index in [1.54, 1.807) is 36.4 Å². The normalized spacial score (nSPS) is 13.2. The second-order valence-electron chi connectivity index (χ2n) is 5.41. The van der Waals surface area contributed by atoms with Crippen molar-refractivity contribution in [2.75, 3.05) is 17.9 Å². The molecule has 2 aromatic carbocycles. The lowest BCUT2D eigenvalue weighted by molar-refractivity contribution is -0.150. The highest BCUT2D eigenvalue weighted by Gasteiger charge is 2.20. The van der Waals surface area contributed by atoms with Crippen LogP contribution in [0.3, 0.4) is 0 Å². The minimum Gasteiger partial charge on any atom is -0.454 e. The van der Waals surface area contributed by atoms with E-state index in [9.17, 15) is 14.0 Å². The Morgan fingerprint density at radius 1 is 1.23 bits per heavy atom. The van der Waals surface area contributed by atoms with Crippen LogP contribution in [0.4, 0.5) is 10.1 Å². The molecule has 0 aromatic heterocycles. The molecule has 136 valence electrons. The first kappa shape index (κ1) is 18.1. The zero-order valence-corrected chi connectivity index (χ0v) is 14.7. The fourth-order valence-electron chi connectivity index (χ4n) is 2.20. The van der Waals surface area contributed by atoms with E-state index in [0.29, 0.717) is 22.1 Å². The van der Waals surface area contributed by atoms with E-state index < -0.39 is 23.8 Å². The highest BCUT2D eigenvalue weighted by molar-refractivity contribution is 8.00.